The van der Waals surface area contributed by atoms with Gasteiger partial charge in [0, 0.05) is 21.7 Å². The quantitative estimate of drug-likeness (QED) is 0.462. The van der Waals surface area contributed by atoms with Gasteiger partial charge in [-0.2, -0.15) is 0 Å². The highest BCUT2D eigenvalue weighted by Crippen LogP contribution is 2.40. The number of benzene rings is 2. The molecular formula is C21H15ClN2OS. The molecular weight excluding hydrogens is 364 g/mol. The van der Waals surface area contributed by atoms with E-state index in [4.69, 9.17) is 17.3 Å². The SMILES string of the molecule is Cc1cc(-c2ccc(Cl)cc2)c2c(N)c(C(=O)c3ccccc3)sc2n1. The standard InChI is InChI=1S/C21H15ClN2OS/c1-12-11-16(13-7-9-15(22)10-8-13)17-18(23)20(26-21(17)24-12)19(25)14-5-3-2-4-6-14/h2-11H,23H2,1H3. The first kappa shape index (κ1) is 16.8. The van der Waals surface area contributed by atoms with E-state index in [1.54, 1.807) is 12.1 Å². The number of aromatic nitrogens is 1. The maximum atomic E-state index is 12.9. The molecule has 0 radical (unpaired) electrons. The summed E-state index contributed by atoms with van der Waals surface area (Å²) in [5.74, 6) is -0.0780. The van der Waals surface area contributed by atoms with Crippen molar-refractivity contribution in [2.45, 2.75) is 6.92 Å². The van der Waals surface area contributed by atoms with Gasteiger partial charge in [-0.25, -0.2) is 4.98 Å². The summed E-state index contributed by atoms with van der Waals surface area (Å²) >= 11 is 7.36. The molecule has 0 aliphatic heterocycles. The number of rotatable bonds is 3. The lowest BCUT2D eigenvalue weighted by Crippen LogP contribution is -2.01. The number of fused-ring (bicyclic) bond motifs is 1. The molecule has 0 aliphatic carbocycles. The summed E-state index contributed by atoms with van der Waals surface area (Å²) in [7, 11) is 0. The summed E-state index contributed by atoms with van der Waals surface area (Å²) in [6.07, 6.45) is 0. The summed E-state index contributed by atoms with van der Waals surface area (Å²) in [5.41, 5.74) is 10.4. The Morgan fingerprint density at radius 3 is 2.46 bits per heavy atom. The Morgan fingerprint density at radius 2 is 1.77 bits per heavy atom. The van der Waals surface area contributed by atoms with Crippen LogP contribution in [0.15, 0.2) is 60.7 Å². The molecule has 3 nitrogen and oxygen atoms in total. The zero-order valence-electron chi connectivity index (χ0n) is 14.0. The second kappa shape index (κ2) is 6.56. The molecule has 0 fully saturated rings. The van der Waals surface area contributed by atoms with Crippen LogP contribution < -0.4 is 5.73 Å². The van der Waals surface area contributed by atoms with Gasteiger partial charge in [-0.05, 0) is 36.2 Å². The Labute approximate surface area is 160 Å². The van der Waals surface area contributed by atoms with Gasteiger partial charge in [-0.3, -0.25) is 4.79 Å². The Balaban J connectivity index is 1.94. The fraction of sp³-hybridized carbons (Fsp3) is 0.0476. The van der Waals surface area contributed by atoms with Crippen LogP contribution in [-0.4, -0.2) is 10.8 Å². The zero-order valence-corrected chi connectivity index (χ0v) is 15.6. The second-order valence-corrected chi connectivity index (χ2v) is 7.47. The average Bonchev–Trinajstić information content (AvgIpc) is 2.98. The maximum Gasteiger partial charge on any atom is 0.205 e. The van der Waals surface area contributed by atoms with Crippen LogP contribution >= 0.6 is 22.9 Å². The molecule has 0 aliphatic rings. The van der Waals surface area contributed by atoms with Crippen LogP contribution in [0.1, 0.15) is 20.9 Å². The minimum absolute atomic E-state index is 0.0780. The summed E-state index contributed by atoms with van der Waals surface area (Å²) in [5, 5.41) is 1.50. The number of halogens is 1. The molecule has 0 spiro atoms. The number of thiophene rings is 1. The highest BCUT2D eigenvalue weighted by atomic mass is 35.5. The lowest BCUT2D eigenvalue weighted by Gasteiger charge is -2.07. The van der Waals surface area contributed by atoms with Gasteiger partial charge in [0.25, 0.3) is 0 Å². The van der Waals surface area contributed by atoms with Crippen LogP contribution in [0.2, 0.25) is 5.02 Å². The lowest BCUT2D eigenvalue weighted by atomic mass is 10.0. The van der Waals surface area contributed by atoms with Crippen LogP contribution in [-0.2, 0) is 0 Å². The van der Waals surface area contributed by atoms with Crippen LogP contribution in [0.3, 0.4) is 0 Å². The Bertz CT molecular complexity index is 1120. The normalized spacial score (nSPS) is 11.0. The van der Waals surface area contributed by atoms with Crippen molar-refractivity contribution in [1.29, 1.82) is 0 Å². The maximum absolute atomic E-state index is 12.9. The fourth-order valence-corrected chi connectivity index (χ4v) is 4.24. The topological polar surface area (TPSA) is 56.0 Å². The fourth-order valence-electron chi connectivity index (χ4n) is 2.99. The molecule has 26 heavy (non-hydrogen) atoms. The molecule has 0 saturated heterocycles. The van der Waals surface area contributed by atoms with E-state index in [0.29, 0.717) is 21.2 Å². The number of nitrogens with two attached hydrogens (primary N) is 1. The molecule has 0 amide bonds. The molecule has 0 atom stereocenters. The molecule has 4 aromatic rings. The van der Waals surface area contributed by atoms with E-state index in [1.807, 2.05) is 55.5 Å². The molecule has 2 N–H and O–H groups in total. The van der Waals surface area contributed by atoms with E-state index >= 15 is 0 Å². The minimum atomic E-state index is -0.0780. The minimum Gasteiger partial charge on any atom is -0.397 e. The third-order valence-corrected chi connectivity index (χ3v) is 5.57. The van der Waals surface area contributed by atoms with Crippen molar-refractivity contribution in [3.8, 4) is 11.1 Å². The van der Waals surface area contributed by atoms with Crippen LogP contribution in [0, 0.1) is 6.92 Å². The molecule has 2 aromatic carbocycles. The molecule has 4 rings (SSSR count). The van der Waals surface area contributed by atoms with Gasteiger partial charge < -0.3 is 5.73 Å². The third-order valence-electron chi connectivity index (χ3n) is 4.22. The number of nitrogen functional groups attached to an aromatic ring is 1. The van der Waals surface area contributed by atoms with Gasteiger partial charge in [0.2, 0.25) is 5.78 Å². The van der Waals surface area contributed by atoms with Crippen LogP contribution in [0.5, 0.6) is 0 Å². The van der Waals surface area contributed by atoms with Crippen molar-refractivity contribution in [3.63, 3.8) is 0 Å². The number of nitrogens with zero attached hydrogens (tertiary/aromatic N) is 1. The molecule has 0 bridgehead atoms. The molecule has 5 heteroatoms. The van der Waals surface area contributed by atoms with E-state index in [0.717, 1.165) is 27.0 Å². The Kier molecular flexibility index (Phi) is 4.23. The van der Waals surface area contributed by atoms with Crippen molar-refractivity contribution in [3.05, 3.63) is 81.8 Å². The second-order valence-electron chi connectivity index (χ2n) is 6.04. The number of hydrogen-bond donors (Lipinski definition) is 1. The first-order chi connectivity index (χ1) is 12.5. The third kappa shape index (κ3) is 2.87. The largest absolute Gasteiger partial charge is 0.397 e. The average molecular weight is 379 g/mol. The van der Waals surface area contributed by atoms with E-state index in [9.17, 15) is 4.79 Å². The highest BCUT2D eigenvalue weighted by molar-refractivity contribution is 7.21. The predicted octanol–water partition coefficient (Wildman–Crippen LogP) is 5.74. The Morgan fingerprint density at radius 1 is 1.08 bits per heavy atom. The van der Waals surface area contributed by atoms with Crippen molar-refractivity contribution in [2.75, 3.05) is 5.73 Å². The number of carbonyl (C=O) groups excluding carboxylic acids is 1. The lowest BCUT2D eigenvalue weighted by molar-refractivity contribution is 0.104. The summed E-state index contributed by atoms with van der Waals surface area (Å²) in [6, 6.07) is 18.7. The number of anilines is 1. The summed E-state index contributed by atoms with van der Waals surface area (Å²) in [4.78, 5) is 18.8. The van der Waals surface area contributed by atoms with Crippen LogP contribution in [0.25, 0.3) is 21.3 Å². The smallest absolute Gasteiger partial charge is 0.205 e. The van der Waals surface area contributed by atoms with Gasteiger partial charge >= 0.3 is 0 Å². The number of pyridine rings is 1. The first-order valence-electron chi connectivity index (χ1n) is 8.10. The van der Waals surface area contributed by atoms with Crippen molar-refractivity contribution in [1.82, 2.24) is 4.98 Å². The van der Waals surface area contributed by atoms with Gasteiger partial charge in [0.05, 0.1) is 5.69 Å². The highest BCUT2D eigenvalue weighted by Gasteiger charge is 2.21. The van der Waals surface area contributed by atoms with E-state index in [-0.39, 0.29) is 5.78 Å². The summed E-state index contributed by atoms with van der Waals surface area (Å²) < 4.78 is 0. The predicted molar refractivity (Wildman–Crippen MR) is 109 cm³/mol. The van der Waals surface area contributed by atoms with E-state index in [2.05, 4.69) is 4.98 Å². The zero-order chi connectivity index (χ0) is 18.3. The van der Waals surface area contributed by atoms with Crippen molar-refractivity contribution >= 4 is 44.6 Å². The number of carbonyl (C=O) groups is 1. The van der Waals surface area contributed by atoms with Crippen molar-refractivity contribution < 1.29 is 4.79 Å². The number of ketones is 1. The van der Waals surface area contributed by atoms with Gasteiger partial charge in [0.15, 0.2) is 0 Å². The molecule has 0 saturated carbocycles. The monoisotopic (exact) mass is 378 g/mol. The molecule has 0 unspecified atom stereocenters. The van der Waals surface area contributed by atoms with Gasteiger partial charge in [-0.1, -0.05) is 54.1 Å². The first-order valence-corrected chi connectivity index (χ1v) is 9.29. The molecule has 2 heterocycles. The number of hydrogen-bond acceptors (Lipinski definition) is 4. The number of aryl methyl sites for hydroxylation is 1. The Hall–Kier alpha value is -2.69. The van der Waals surface area contributed by atoms with E-state index in [1.165, 1.54) is 11.3 Å². The van der Waals surface area contributed by atoms with Crippen LogP contribution in [0.4, 0.5) is 5.69 Å². The summed E-state index contributed by atoms with van der Waals surface area (Å²) in [6.45, 7) is 1.94. The van der Waals surface area contributed by atoms with Gasteiger partial charge in [0.1, 0.15) is 9.71 Å². The molecule has 128 valence electrons. The van der Waals surface area contributed by atoms with Gasteiger partial charge in [-0.15, -0.1) is 11.3 Å². The van der Waals surface area contributed by atoms with Crippen molar-refractivity contribution in [2.24, 2.45) is 0 Å². The molecule has 2 aromatic heterocycles. The van der Waals surface area contributed by atoms with E-state index < -0.39 is 0 Å².